The van der Waals surface area contributed by atoms with Gasteiger partial charge in [-0.25, -0.2) is 13.4 Å². The molecule has 0 saturated carbocycles. The second-order valence-corrected chi connectivity index (χ2v) is 8.90. The molecule has 1 aromatic heterocycles. The smallest absolute Gasteiger partial charge is 0.306 e. The first-order valence-corrected chi connectivity index (χ1v) is 10.7. The van der Waals surface area contributed by atoms with Gasteiger partial charge >= 0.3 is 5.97 Å². The van der Waals surface area contributed by atoms with E-state index >= 15 is 0 Å². The van der Waals surface area contributed by atoms with E-state index in [1.165, 1.54) is 7.11 Å². The number of pyridine rings is 1. The van der Waals surface area contributed by atoms with E-state index in [-0.39, 0.29) is 24.0 Å². The van der Waals surface area contributed by atoms with Crippen LogP contribution in [0.25, 0.3) is 0 Å². The highest BCUT2D eigenvalue weighted by atomic mass is 79.9. The second-order valence-electron chi connectivity index (χ2n) is 5.90. The van der Waals surface area contributed by atoms with Crippen LogP contribution in [0.3, 0.4) is 0 Å². The fourth-order valence-electron chi connectivity index (χ4n) is 2.73. The highest BCUT2D eigenvalue weighted by Crippen LogP contribution is 2.24. The Kier molecular flexibility index (Phi) is 7.21. The van der Waals surface area contributed by atoms with Crippen molar-refractivity contribution >= 4 is 37.6 Å². The summed E-state index contributed by atoms with van der Waals surface area (Å²) in [6, 6.07) is 3.72. The minimum atomic E-state index is -3.42. The molecule has 7 nitrogen and oxygen atoms in total. The molecule has 0 N–H and O–H groups in total. The number of sulfone groups is 1. The van der Waals surface area contributed by atoms with Gasteiger partial charge in [-0.3, -0.25) is 4.79 Å². The first-order valence-electron chi connectivity index (χ1n) is 8.12. The van der Waals surface area contributed by atoms with Crippen molar-refractivity contribution in [2.45, 2.75) is 31.6 Å². The summed E-state index contributed by atoms with van der Waals surface area (Å²) in [4.78, 5) is 17.8. The van der Waals surface area contributed by atoms with Crippen LogP contribution in [-0.4, -0.2) is 58.0 Å². The molecule has 2 rings (SSSR count). The van der Waals surface area contributed by atoms with E-state index in [0.29, 0.717) is 23.4 Å². The predicted octanol–water partition coefficient (Wildman–Crippen LogP) is 1.94. The lowest BCUT2D eigenvalue weighted by atomic mass is 10.1. The third-order valence-corrected chi connectivity index (χ3v) is 6.07. The molecule has 0 unspecified atom stereocenters. The standard InChI is InChI=1S/C16H23BrN2O5S/c1-3-13-10-24-6-5-19(13)15-9-12(8-14(17)18-15)11-25(21,22)7-4-16(20)23-2/h8-9,13H,3-7,10-11H2,1-2H3/t13-/m0/s1. The van der Waals surface area contributed by atoms with Gasteiger partial charge in [0.15, 0.2) is 9.84 Å². The van der Waals surface area contributed by atoms with E-state index in [1.807, 2.05) is 0 Å². The summed E-state index contributed by atoms with van der Waals surface area (Å²) in [6.45, 7) is 4.06. The average molecular weight is 435 g/mol. The maximum atomic E-state index is 12.3. The molecule has 0 amide bonds. The molecule has 0 radical (unpaired) electrons. The molecule has 1 aliphatic rings. The molecule has 25 heavy (non-hydrogen) atoms. The SMILES string of the molecule is CC[C@H]1COCCN1c1cc(CS(=O)(=O)CCC(=O)OC)cc(Br)n1. The van der Waals surface area contributed by atoms with E-state index in [1.54, 1.807) is 12.1 Å². The first-order chi connectivity index (χ1) is 11.8. The van der Waals surface area contributed by atoms with Crippen LogP contribution in [0, 0.1) is 0 Å². The lowest BCUT2D eigenvalue weighted by molar-refractivity contribution is -0.140. The van der Waals surface area contributed by atoms with Crippen LogP contribution in [-0.2, 0) is 29.9 Å². The maximum absolute atomic E-state index is 12.3. The number of hydrogen-bond acceptors (Lipinski definition) is 7. The predicted molar refractivity (Wildman–Crippen MR) is 98.3 cm³/mol. The number of ether oxygens (including phenoxy) is 2. The molecular formula is C16H23BrN2O5S. The monoisotopic (exact) mass is 434 g/mol. The van der Waals surface area contributed by atoms with E-state index in [9.17, 15) is 13.2 Å². The largest absolute Gasteiger partial charge is 0.469 e. The van der Waals surface area contributed by atoms with Crippen LogP contribution in [0.1, 0.15) is 25.3 Å². The fourth-order valence-corrected chi connectivity index (χ4v) is 4.50. The molecular weight excluding hydrogens is 412 g/mol. The molecule has 1 fully saturated rings. The highest BCUT2D eigenvalue weighted by molar-refractivity contribution is 9.10. The summed E-state index contributed by atoms with van der Waals surface area (Å²) < 4.78 is 35.1. The Morgan fingerprint density at radius 1 is 1.48 bits per heavy atom. The number of methoxy groups -OCH3 is 1. The zero-order valence-corrected chi connectivity index (χ0v) is 16.8. The van der Waals surface area contributed by atoms with Gasteiger partial charge in [-0.2, -0.15) is 0 Å². The maximum Gasteiger partial charge on any atom is 0.306 e. The molecule has 140 valence electrons. The molecule has 9 heteroatoms. The molecule has 0 aliphatic carbocycles. The number of carbonyl (C=O) groups excluding carboxylic acids is 1. The highest BCUT2D eigenvalue weighted by Gasteiger charge is 2.24. The van der Waals surface area contributed by atoms with Crippen LogP contribution in [0.4, 0.5) is 5.82 Å². The van der Waals surface area contributed by atoms with E-state index in [2.05, 4.69) is 37.5 Å². The number of aromatic nitrogens is 1. The quantitative estimate of drug-likeness (QED) is 0.478. The van der Waals surface area contributed by atoms with Crippen molar-refractivity contribution in [1.29, 1.82) is 0 Å². The number of nitrogens with zero attached hydrogens (tertiary/aromatic N) is 2. The van der Waals surface area contributed by atoms with Crippen molar-refractivity contribution in [2.75, 3.05) is 37.5 Å². The molecule has 0 spiro atoms. The van der Waals surface area contributed by atoms with Gasteiger partial charge in [0.2, 0.25) is 0 Å². The summed E-state index contributed by atoms with van der Waals surface area (Å²) in [7, 11) is -2.17. The number of morpholine rings is 1. The summed E-state index contributed by atoms with van der Waals surface area (Å²) in [5.41, 5.74) is 0.642. The zero-order chi connectivity index (χ0) is 18.4. The number of halogens is 1. The Bertz CT molecular complexity index is 710. The van der Waals surface area contributed by atoms with Crippen LogP contribution >= 0.6 is 15.9 Å². The Morgan fingerprint density at radius 2 is 2.24 bits per heavy atom. The second kappa shape index (κ2) is 8.95. The molecule has 1 aromatic rings. The first kappa shape index (κ1) is 20.1. The minimum Gasteiger partial charge on any atom is -0.469 e. The summed E-state index contributed by atoms with van der Waals surface area (Å²) in [6.07, 6.45) is 0.778. The van der Waals surface area contributed by atoms with Gasteiger partial charge in [-0.15, -0.1) is 0 Å². The van der Waals surface area contributed by atoms with Gasteiger partial charge in [-0.05, 0) is 40.0 Å². The summed E-state index contributed by atoms with van der Waals surface area (Å²) in [5.74, 6) is -0.162. The normalized spacial score (nSPS) is 18.2. The average Bonchev–Trinajstić information content (AvgIpc) is 2.58. The van der Waals surface area contributed by atoms with E-state index in [4.69, 9.17) is 4.74 Å². The third kappa shape index (κ3) is 5.93. The van der Waals surface area contributed by atoms with Crippen molar-refractivity contribution in [1.82, 2.24) is 4.98 Å². The van der Waals surface area contributed by atoms with Gasteiger partial charge in [0.25, 0.3) is 0 Å². The molecule has 0 aromatic carbocycles. The zero-order valence-electron chi connectivity index (χ0n) is 14.4. The summed E-state index contributed by atoms with van der Waals surface area (Å²) in [5, 5.41) is 0. The number of rotatable bonds is 7. The van der Waals surface area contributed by atoms with Crippen molar-refractivity contribution in [3.8, 4) is 0 Å². The fraction of sp³-hybridized carbons (Fsp3) is 0.625. The molecule has 1 saturated heterocycles. The molecule has 0 bridgehead atoms. The van der Waals surface area contributed by atoms with Crippen LogP contribution in [0.5, 0.6) is 0 Å². The van der Waals surface area contributed by atoms with E-state index < -0.39 is 15.8 Å². The van der Waals surface area contributed by atoms with Crippen LogP contribution in [0.2, 0.25) is 0 Å². The Hall–Kier alpha value is -1.19. The van der Waals surface area contributed by atoms with Gasteiger partial charge in [0, 0.05) is 6.54 Å². The van der Waals surface area contributed by atoms with Crippen molar-refractivity contribution in [3.63, 3.8) is 0 Å². The van der Waals surface area contributed by atoms with Gasteiger partial charge in [-0.1, -0.05) is 6.92 Å². The van der Waals surface area contributed by atoms with Gasteiger partial charge < -0.3 is 14.4 Å². The molecule has 1 aliphatic heterocycles. The lowest BCUT2D eigenvalue weighted by Gasteiger charge is -2.36. The summed E-state index contributed by atoms with van der Waals surface area (Å²) >= 11 is 3.36. The van der Waals surface area contributed by atoms with Gasteiger partial charge in [0.05, 0.1) is 44.3 Å². The lowest BCUT2D eigenvalue weighted by Crippen LogP contribution is -2.45. The number of carbonyl (C=O) groups is 1. The van der Waals surface area contributed by atoms with Gasteiger partial charge in [0.1, 0.15) is 10.4 Å². The Morgan fingerprint density at radius 3 is 2.92 bits per heavy atom. The van der Waals surface area contributed by atoms with Crippen molar-refractivity contribution in [2.24, 2.45) is 0 Å². The minimum absolute atomic E-state index is 0.140. The Labute approximate surface area is 156 Å². The molecule has 1 atom stereocenters. The Balaban J connectivity index is 2.16. The van der Waals surface area contributed by atoms with Crippen LogP contribution < -0.4 is 4.90 Å². The van der Waals surface area contributed by atoms with Crippen molar-refractivity contribution in [3.05, 3.63) is 22.3 Å². The van der Waals surface area contributed by atoms with E-state index in [0.717, 1.165) is 18.8 Å². The number of anilines is 1. The number of hydrogen-bond donors (Lipinski definition) is 0. The number of esters is 1. The molecule has 2 heterocycles. The third-order valence-electron chi connectivity index (χ3n) is 4.06. The topological polar surface area (TPSA) is 85.8 Å². The van der Waals surface area contributed by atoms with Crippen molar-refractivity contribution < 1.29 is 22.7 Å². The van der Waals surface area contributed by atoms with Crippen LogP contribution in [0.15, 0.2) is 16.7 Å².